The minimum atomic E-state index is -0.918. The van der Waals surface area contributed by atoms with E-state index >= 15 is 0 Å². The third-order valence-electron chi connectivity index (χ3n) is 3.79. The fourth-order valence-corrected chi connectivity index (χ4v) is 2.42. The average molecular weight is 294 g/mol. The molecule has 0 aromatic heterocycles. The van der Waals surface area contributed by atoms with Gasteiger partial charge in [-0.1, -0.05) is 0 Å². The van der Waals surface area contributed by atoms with Crippen LogP contribution in [0.1, 0.15) is 23.2 Å². The number of fused-ring (bicyclic) bond motifs is 1. The summed E-state index contributed by atoms with van der Waals surface area (Å²) in [5.41, 5.74) is 5.57. The molecule has 0 spiro atoms. The number of amides is 1. The molecule has 7 heteroatoms. The summed E-state index contributed by atoms with van der Waals surface area (Å²) in [4.78, 5) is 12.2. The highest BCUT2D eigenvalue weighted by Gasteiger charge is 2.30. The lowest BCUT2D eigenvalue weighted by Gasteiger charge is -2.32. The smallest absolute Gasteiger partial charge is 0.253 e. The molecule has 21 heavy (non-hydrogen) atoms. The number of nitrogen functional groups attached to an aromatic ring is 1. The molecule has 4 N–H and O–H groups in total. The molecule has 0 atom stereocenters. The number of carbonyl (C=O) groups is 1. The lowest BCUT2D eigenvalue weighted by atomic mass is 9.94. The molecule has 114 valence electrons. The maximum Gasteiger partial charge on any atom is 0.253 e. The summed E-state index contributed by atoms with van der Waals surface area (Å²) in [6.45, 7) is 1.29. The van der Waals surface area contributed by atoms with Gasteiger partial charge in [0.15, 0.2) is 11.5 Å². The van der Waals surface area contributed by atoms with Gasteiger partial charge in [-0.2, -0.15) is 0 Å². The van der Waals surface area contributed by atoms with Crippen LogP contribution in [-0.4, -0.2) is 43.2 Å². The van der Waals surface area contributed by atoms with Crippen LogP contribution < -0.4 is 20.5 Å². The normalized spacial score (nSPS) is 19.3. The Balaban J connectivity index is 1.68. The molecular weight excluding hydrogens is 276 g/mol. The number of hydrogen-bond donors (Lipinski definition) is 3. The number of rotatable bonds is 3. The number of ether oxygens (including phenoxy) is 3. The summed E-state index contributed by atoms with van der Waals surface area (Å²) in [6.07, 6.45) is 1.01. The summed E-state index contributed by atoms with van der Waals surface area (Å²) in [5, 5.41) is 13.0. The maximum absolute atomic E-state index is 12.2. The Kier molecular flexibility index (Phi) is 3.60. The van der Waals surface area contributed by atoms with E-state index in [0.29, 0.717) is 48.8 Å². The Morgan fingerprint density at radius 3 is 2.67 bits per heavy atom. The maximum atomic E-state index is 12.2. The Bertz CT molecular complexity index is 555. The van der Waals surface area contributed by atoms with Crippen molar-refractivity contribution < 1.29 is 24.1 Å². The van der Waals surface area contributed by atoms with Crippen molar-refractivity contribution in [3.8, 4) is 11.5 Å². The molecule has 2 aliphatic heterocycles. The van der Waals surface area contributed by atoms with Crippen molar-refractivity contribution in [2.75, 3.05) is 32.3 Å². The third kappa shape index (κ3) is 2.88. The van der Waals surface area contributed by atoms with Gasteiger partial charge in [0.25, 0.3) is 5.91 Å². The molecule has 1 aromatic carbocycles. The van der Waals surface area contributed by atoms with Crippen LogP contribution in [0.15, 0.2) is 12.1 Å². The van der Waals surface area contributed by atoms with Crippen LogP contribution in [0.25, 0.3) is 0 Å². The van der Waals surface area contributed by atoms with Crippen molar-refractivity contribution in [1.82, 2.24) is 5.32 Å². The van der Waals surface area contributed by atoms with E-state index in [2.05, 4.69) is 5.32 Å². The molecule has 0 bridgehead atoms. The Morgan fingerprint density at radius 2 is 1.95 bits per heavy atom. The van der Waals surface area contributed by atoms with Crippen molar-refractivity contribution in [2.24, 2.45) is 0 Å². The highest BCUT2D eigenvalue weighted by Crippen LogP contribution is 2.35. The molecule has 1 fully saturated rings. The first kappa shape index (κ1) is 14.0. The molecule has 1 saturated heterocycles. The summed E-state index contributed by atoms with van der Waals surface area (Å²) in [7, 11) is 0. The summed E-state index contributed by atoms with van der Waals surface area (Å²) in [5.74, 6) is 0.692. The summed E-state index contributed by atoms with van der Waals surface area (Å²) < 4.78 is 15.6. The predicted octanol–water partition coefficient (Wildman–Crippen LogP) is 0.269. The second kappa shape index (κ2) is 5.42. The van der Waals surface area contributed by atoms with E-state index in [1.54, 1.807) is 12.1 Å². The average Bonchev–Trinajstić information content (AvgIpc) is 2.92. The predicted molar refractivity (Wildman–Crippen MR) is 74.3 cm³/mol. The van der Waals surface area contributed by atoms with Crippen LogP contribution in [0, 0.1) is 0 Å². The molecule has 3 rings (SSSR count). The molecule has 2 aliphatic rings. The van der Waals surface area contributed by atoms with Gasteiger partial charge in [0.05, 0.1) is 11.2 Å². The van der Waals surface area contributed by atoms with E-state index < -0.39 is 5.60 Å². The number of benzene rings is 1. The summed E-state index contributed by atoms with van der Waals surface area (Å²) in [6, 6.07) is 3.13. The zero-order chi connectivity index (χ0) is 14.9. The standard InChI is InChI=1S/C14H18N2O5/c15-10-6-12-11(20-8-21-12)5-9(10)13(17)16-7-14(18)1-3-19-4-2-14/h5-6,18H,1-4,7-8,15H2,(H,16,17). The van der Waals surface area contributed by atoms with Gasteiger partial charge in [-0.3, -0.25) is 4.79 Å². The van der Waals surface area contributed by atoms with Gasteiger partial charge in [-0.15, -0.1) is 0 Å². The highest BCUT2D eigenvalue weighted by atomic mass is 16.7. The quantitative estimate of drug-likeness (QED) is 0.691. The van der Waals surface area contributed by atoms with Gasteiger partial charge in [0.2, 0.25) is 6.79 Å². The van der Waals surface area contributed by atoms with Crippen molar-refractivity contribution in [3.05, 3.63) is 17.7 Å². The lowest BCUT2D eigenvalue weighted by molar-refractivity contribution is -0.0605. The minimum absolute atomic E-state index is 0.125. The molecular formula is C14H18N2O5. The van der Waals surface area contributed by atoms with Crippen LogP contribution in [0.3, 0.4) is 0 Å². The van der Waals surface area contributed by atoms with E-state index in [0.717, 1.165) is 0 Å². The first-order valence-electron chi connectivity index (χ1n) is 6.85. The van der Waals surface area contributed by atoms with E-state index in [-0.39, 0.29) is 19.2 Å². The Hall–Kier alpha value is -1.99. The first-order chi connectivity index (χ1) is 10.1. The van der Waals surface area contributed by atoms with E-state index in [9.17, 15) is 9.90 Å². The van der Waals surface area contributed by atoms with Crippen molar-refractivity contribution >= 4 is 11.6 Å². The highest BCUT2D eigenvalue weighted by molar-refractivity contribution is 6.00. The summed E-state index contributed by atoms with van der Waals surface area (Å²) >= 11 is 0. The van der Waals surface area contributed by atoms with Crippen LogP contribution in [0.5, 0.6) is 11.5 Å². The number of hydrogen-bond acceptors (Lipinski definition) is 6. The second-order valence-corrected chi connectivity index (χ2v) is 5.31. The molecule has 0 saturated carbocycles. The molecule has 0 aliphatic carbocycles. The monoisotopic (exact) mass is 294 g/mol. The fraction of sp³-hybridized carbons (Fsp3) is 0.500. The fourth-order valence-electron chi connectivity index (χ4n) is 2.42. The first-order valence-corrected chi connectivity index (χ1v) is 6.85. The Labute approximate surface area is 122 Å². The number of anilines is 1. The molecule has 0 unspecified atom stereocenters. The van der Waals surface area contributed by atoms with Gasteiger partial charge in [-0.05, 0) is 6.07 Å². The topological polar surface area (TPSA) is 103 Å². The van der Waals surface area contributed by atoms with Crippen molar-refractivity contribution in [3.63, 3.8) is 0 Å². The third-order valence-corrected chi connectivity index (χ3v) is 3.79. The van der Waals surface area contributed by atoms with Crippen molar-refractivity contribution in [2.45, 2.75) is 18.4 Å². The zero-order valence-electron chi connectivity index (χ0n) is 11.6. The molecule has 0 radical (unpaired) electrons. The van der Waals surface area contributed by atoms with Crippen LogP contribution in [-0.2, 0) is 4.74 Å². The van der Waals surface area contributed by atoms with E-state index in [4.69, 9.17) is 19.9 Å². The van der Waals surface area contributed by atoms with E-state index in [1.165, 1.54) is 0 Å². The van der Waals surface area contributed by atoms with Crippen LogP contribution >= 0.6 is 0 Å². The largest absolute Gasteiger partial charge is 0.454 e. The van der Waals surface area contributed by atoms with Gasteiger partial charge in [0.1, 0.15) is 0 Å². The second-order valence-electron chi connectivity index (χ2n) is 5.31. The minimum Gasteiger partial charge on any atom is -0.454 e. The van der Waals surface area contributed by atoms with E-state index in [1.807, 2.05) is 0 Å². The number of carbonyl (C=O) groups excluding carboxylic acids is 1. The van der Waals surface area contributed by atoms with Gasteiger partial charge in [-0.25, -0.2) is 0 Å². The Morgan fingerprint density at radius 1 is 1.29 bits per heavy atom. The molecule has 7 nitrogen and oxygen atoms in total. The zero-order valence-corrected chi connectivity index (χ0v) is 11.6. The number of nitrogens with one attached hydrogen (secondary N) is 1. The van der Waals surface area contributed by atoms with Crippen molar-refractivity contribution in [1.29, 1.82) is 0 Å². The molecule has 2 heterocycles. The SMILES string of the molecule is Nc1cc2c(cc1C(=O)NCC1(O)CCOCC1)OCO2. The van der Waals surface area contributed by atoms with Gasteiger partial charge < -0.3 is 30.4 Å². The lowest BCUT2D eigenvalue weighted by Crippen LogP contribution is -2.46. The van der Waals surface area contributed by atoms with Crippen LogP contribution in [0.2, 0.25) is 0 Å². The molecule has 1 amide bonds. The van der Waals surface area contributed by atoms with Crippen LogP contribution in [0.4, 0.5) is 5.69 Å². The van der Waals surface area contributed by atoms with Gasteiger partial charge in [0, 0.05) is 44.4 Å². The number of aliphatic hydroxyl groups is 1. The molecule has 1 aromatic rings. The van der Waals surface area contributed by atoms with Gasteiger partial charge >= 0.3 is 0 Å². The number of nitrogens with two attached hydrogens (primary N) is 1.